The van der Waals surface area contributed by atoms with Crippen LogP contribution in [0.15, 0.2) is 36.5 Å². The number of hydrogen-bond acceptors (Lipinski definition) is 3. The zero-order chi connectivity index (χ0) is 16.1. The van der Waals surface area contributed by atoms with Crippen molar-refractivity contribution in [2.24, 2.45) is 5.92 Å². The first-order valence-electron chi connectivity index (χ1n) is 6.92. The molecule has 1 heterocycles. The van der Waals surface area contributed by atoms with Gasteiger partial charge in [0.1, 0.15) is 5.69 Å². The SMILES string of the molecule is CC(C)CNc1ccc(C(=O)Nc2cc(Cl)ccc2Cl)nc1. The van der Waals surface area contributed by atoms with E-state index in [1.165, 1.54) is 0 Å². The van der Waals surface area contributed by atoms with Gasteiger partial charge < -0.3 is 10.6 Å². The number of anilines is 2. The Morgan fingerprint density at radius 1 is 1.23 bits per heavy atom. The lowest BCUT2D eigenvalue weighted by Crippen LogP contribution is -2.14. The Bertz CT molecular complexity index is 657. The van der Waals surface area contributed by atoms with E-state index in [0.717, 1.165) is 12.2 Å². The van der Waals surface area contributed by atoms with Gasteiger partial charge in [0, 0.05) is 11.6 Å². The number of nitrogens with zero attached hydrogens (tertiary/aromatic N) is 1. The molecule has 4 nitrogen and oxygen atoms in total. The number of pyridine rings is 1. The smallest absolute Gasteiger partial charge is 0.274 e. The van der Waals surface area contributed by atoms with Gasteiger partial charge in [0.25, 0.3) is 5.91 Å². The van der Waals surface area contributed by atoms with Crippen LogP contribution in [0.25, 0.3) is 0 Å². The summed E-state index contributed by atoms with van der Waals surface area (Å²) < 4.78 is 0. The number of carbonyl (C=O) groups is 1. The van der Waals surface area contributed by atoms with Gasteiger partial charge in [-0.15, -0.1) is 0 Å². The Morgan fingerprint density at radius 3 is 2.64 bits per heavy atom. The maximum Gasteiger partial charge on any atom is 0.274 e. The van der Waals surface area contributed by atoms with Crippen molar-refractivity contribution in [1.29, 1.82) is 0 Å². The molecule has 0 bridgehead atoms. The number of halogens is 2. The van der Waals surface area contributed by atoms with Gasteiger partial charge in [-0.3, -0.25) is 4.79 Å². The van der Waals surface area contributed by atoms with Crippen LogP contribution >= 0.6 is 23.2 Å². The van der Waals surface area contributed by atoms with E-state index in [-0.39, 0.29) is 5.91 Å². The summed E-state index contributed by atoms with van der Waals surface area (Å²) in [5, 5.41) is 6.87. The summed E-state index contributed by atoms with van der Waals surface area (Å²) in [5.74, 6) is 0.201. The second-order valence-electron chi connectivity index (χ2n) is 5.29. The lowest BCUT2D eigenvalue weighted by molar-refractivity contribution is 0.102. The quantitative estimate of drug-likeness (QED) is 0.830. The maximum atomic E-state index is 12.2. The van der Waals surface area contributed by atoms with Crippen molar-refractivity contribution >= 4 is 40.5 Å². The lowest BCUT2D eigenvalue weighted by Gasteiger charge is -2.10. The van der Waals surface area contributed by atoms with E-state index in [0.29, 0.717) is 27.3 Å². The van der Waals surface area contributed by atoms with Crippen molar-refractivity contribution in [1.82, 2.24) is 4.98 Å². The number of amides is 1. The summed E-state index contributed by atoms with van der Waals surface area (Å²) in [4.78, 5) is 16.3. The molecule has 0 unspecified atom stereocenters. The highest BCUT2D eigenvalue weighted by atomic mass is 35.5. The predicted molar refractivity (Wildman–Crippen MR) is 92.0 cm³/mol. The van der Waals surface area contributed by atoms with Crippen molar-refractivity contribution < 1.29 is 4.79 Å². The van der Waals surface area contributed by atoms with Crippen LogP contribution in [0.5, 0.6) is 0 Å². The number of aromatic nitrogens is 1. The molecule has 2 rings (SSSR count). The summed E-state index contributed by atoms with van der Waals surface area (Å²) in [6.45, 7) is 5.10. The fourth-order valence-electron chi connectivity index (χ4n) is 1.73. The van der Waals surface area contributed by atoms with E-state index in [2.05, 4.69) is 29.5 Å². The molecule has 1 aromatic carbocycles. The van der Waals surface area contributed by atoms with Gasteiger partial charge in [0.05, 0.1) is 22.6 Å². The van der Waals surface area contributed by atoms with Gasteiger partial charge in [-0.2, -0.15) is 0 Å². The van der Waals surface area contributed by atoms with Crippen LogP contribution in [-0.4, -0.2) is 17.4 Å². The minimum Gasteiger partial charge on any atom is -0.384 e. The standard InChI is InChI=1S/C16H17Cl2N3O/c1-10(2)8-19-12-4-6-14(20-9-12)16(22)21-15-7-11(17)3-5-13(15)18/h3-7,9-10,19H,8H2,1-2H3,(H,21,22). The van der Waals surface area contributed by atoms with Crippen LogP contribution in [0.4, 0.5) is 11.4 Å². The summed E-state index contributed by atoms with van der Waals surface area (Å²) >= 11 is 11.9. The molecule has 0 saturated carbocycles. The van der Waals surface area contributed by atoms with Crippen LogP contribution in [0.1, 0.15) is 24.3 Å². The van der Waals surface area contributed by atoms with E-state index in [1.54, 1.807) is 30.5 Å². The van der Waals surface area contributed by atoms with Crippen LogP contribution in [-0.2, 0) is 0 Å². The molecular weight excluding hydrogens is 321 g/mol. The molecule has 0 aliphatic rings. The predicted octanol–water partition coefficient (Wildman–Crippen LogP) is 4.71. The maximum absolute atomic E-state index is 12.2. The van der Waals surface area contributed by atoms with Gasteiger partial charge in [-0.25, -0.2) is 4.98 Å². The molecule has 0 atom stereocenters. The zero-order valence-corrected chi connectivity index (χ0v) is 13.9. The summed E-state index contributed by atoms with van der Waals surface area (Å²) in [6, 6.07) is 8.37. The van der Waals surface area contributed by atoms with Crippen LogP contribution in [0.2, 0.25) is 10.0 Å². The zero-order valence-electron chi connectivity index (χ0n) is 12.4. The Kier molecular flexibility index (Phi) is 5.63. The van der Waals surface area contributed by atoms with E-state index < -0.39 is 0 Å². The average Bonchev–Trinajstić information content (AvgIpc) is 2.49. The monoisotopic (exact) mass is 337 g/mol. The molecule has 22 heavy (non-hydrogen) atoms. The number of rotatable bonds is 5. The van der Waals surface area contributed by atoms with Gasteiger partial charge >= 0.3 is 0 Å². The van der Waals surface area contributed by atoms with E-state index in [4.69, 9.17) is 23.2 Å². The molecule has 2 aromatic rings. The fraction of sp³-hybridized carbons (Fsp3) is 0.250. The van der Waals surface area contributed by atoms with Gasteiger partial charge in [-0.1, -0.05) is 37.0 Å². The Labute approximate surface area is 139 Å². The van der Waals surface area contributed by atoms with Crippen molar-refractivity contribution in [3.63, 3.8) is 0 Å². The van der Waals surface area contributed by atoms with E-state index in [9.17, 15) is 4.79 Å². The molecule has 6 heteroatoms. The van der Waals surface area contributed by atoms with Crippen molar-refractivity contribution in [2.45, 2.75) is 13.8 Å². The summed E-state index contributed by atoms with van der Waals surface area (Å²) in [6.07, 6.45) is 1.64. The van der Waals surface area contributed by atoms with Gasteiger partial charge in [-0.05, 0) is 36.2 Å². The third-order valence-electron chi connectivity index (χ3n) is 2.89. The largest absolute Gasteiger partial charge is 0.384 e. The number of nitrogens with one attached hydrogen (secondary N) is 2. The number of carbonyl (C=O) groups excluding carboxylic acids is 1. The van der Waals surface area contributed by atoms with Gasteiger partial charge in [0.15, 0.2) is 0 Å². The van der Waals surface area contributed by atoms with E-state index in [1.807, 2.05) is 6.07 Å². The Morgan fingerprint density at radius 2 is 2.00 bits per heavy atom. The third kappa shape index (κ3) is 4.61. The second kappa shape index (κ2) is 7.47. The summed E-state index contributed by atoms with van der Waals surface area (Å²) in [5.41, 5.74) is 1.65. The topological polar surface area (TPSA) is 54.0 Å². The van der Waals surface area contributed by atoms with Gasteiger partial charge in [0.2, 0.25) is 0 Å². The third-order valence-corrected chi connectivity index (χ3v) is 3.45. The van der Waals surface area contributed by atoms with Crippen LogP contribution < -0.4 is 10.6 Å². The minimum absolute atomic E-state index is 0.311. The first-order valence-corrected chi connectivity index (χ1v) is 7.67. The Balaban J connectivity index is 2.05. The molecule has 0 radical (unpaired) electrons. The first-order chi connectivity index (χ1) is 10.5. The molecule has 1 aromatic heterocycles. The van der Waals surface area contributed by atoms with E-state index >= 15 is 0 Å². The molecule has 0 aliphatic heterocycles. The second-order valence-corrected chi connectivity index (χ2v) is 6.13. The average molecular weight is 338 g/mol. The molecule has 1 amide bonds. The number of hydrogen-bond donors (Lipinski definition) is 2. The van der Waals surface area contributed by atoms with Crippen molar-refractivity contribution in [3.05, 3.63) is 52.3 Å². The Hall–Kier alpha value is -1.78. The van der Waals surface area contributed by atoms with Crippen LogP contribution in [0.3, 0.4) is 0 Å². The normalized spacial score (nSPS) is 10.6. The lowest BCUT2D eigenvalue weighted by atomic mass is 10.2. The molecule has 0 saturated heterocycles. The highest BCUT2D eigenvalue weighted by molar-refractivity contribution is 6.35. The summed E-state index contributed by atoms with van der Waals surface area (Å²) in [7, 11) is 0. The van der Waals surface area contributed by atoms with Crippen molar-refractivity contribution in [2.75, 3.05) is 17.2 Å². The molecule has 0 aliphatic carbocycles. The molecule has 0 fully saturated rings. The molecular formula is C16H17Cl2N3O. The fourth-order valence-corrected chi connectivity index (χ4v) is 2.07. The molecule has 116 valence electrons. The molecule has 0 spiro atoms. The highest BCUT2D eigenvalue weighted by Gasteiger charge is 2.10. The minimum atomic E-state index is -0.334. The molecule has 2 N–H and O–H groups in total. The van der Waals surface area contributed by atoms with Crippen molar-refractivity contribution in [3.8, 4) is 0 Å². The highest BCUT2D eigenvalue weighted by Crippen LogP contribution is 2.25. The first kappa shape index (κ1) is 16.6. The number of benzene rings is 1. The van der Waals surface area contributed by atoms with Crippen LogP contribution in [0, 0.1) is 5.92 Å².